The van der Waals surface area contributed by atoms with E-state index in [9.17, 15) is 9.59 Å². The number of benzene rings is 1. The molecule has 9 nitrogen and oxygen atoms in total. The molecule has 0 bridgehead atoms. The highest BCUT2D eigenvalue weighted by molar-refractivity contribution is 5.97. The van der Waals surface area contributed by atoms with Gasteiger partial charge in [-0.1, -0.05) is 12.1 Å². The summed E-state index contributed by atoms with van der Waals surface area (Å²) in [6.45, 7) is 10.6. The number of rotatable bonds is 4. The second kappa shape index (κ2) is 7.83. The summed E-state index contributed by atoms with van der Waals surface area (Å²) < 4.78 is 29.7. The van der Waals surface area contributed by atoms with Crippen molar-refractivity contribution in [2.45, 2.75) is 89.9 Å². The van der Waals surface area contributed by atoms with Gasteiger partial charge in [-0.2, -0.15) is 0 Å². The molecule has 3 heterocycles. The van der Waals surface area contributed by atoms with Gasteiger partial charge >= 0.3 is 0 Å². The number of aryl methyl sites for hydroxylation is 1. The van der Waals surface area contributed by atoms with Gasteiger partial charge in [0.05, 0.1) is 0 Å². The van der Waals surface area contributed by atoms with Crippen LogP contribution in [0, 0.1) is 6.92 Å². The van der Waals surface area contributed by atoms with Gasteiger partial charge in [0, 0.05) is 5.69 Å². The summed E-state index contributed by atoms with van der Waals surface area (Å²) in [5.74, 6) is -2.59. The van der Waals surface area contributed by atoms with Gasteiger partial charge in [0.15, 0.2) is 24.0 Å². The van der Waals surface area contributed by atoms with E-state index in [2.05, 4.69) is 10.6 Å². The van der Waals surface area contributed by atoms with Crippen molar-refractivity contribution in [3.05, 3.63) is 29.8 Å². The quantitative estimate of drug-likeness (QED) is 0.745. The van der Waals surface area contributed by atoms with Gasteiger partial charge in [-0.3, -0.25) is 9.59 Å². The third kappa shape index (κ3) is 4.61. The molecule has 0 spiro atoms. The van der Waals surface area contributed by atoms with Gasteiger partial charge in [0.2, 0.25) is 5.91 Å². The molecule has 2 N–H and O–H groups in total. The zero-order chi connectivity index (χ0) is 22.6. The van der Waals surface area contributed by atoms with Crippen molar-refractivity contribution < 1.29 is 33.3 Å². The summed E-state index contributed by atoms with van der Waals surface area (Å²) in [6.07, 6.45) is -3.54. The van der Waals surface area contributed by atoms with Crippen molar-refractivity contribution in [2.75, 3.05) is 5.32 Å². The lowest BCUT2D eigenvalue weighted by Crippen LogP contribution is -2.60. The fourth-order valence-electron chi connectivity index (χ4n) is 4.16. The fraction of sp³-hybridized carbons (Fsp3) is 0.636. The van der Waals surface area contributed by atoms with E-state index >= 15 is 0 Å². The molecule has 0 unspecified atom stereocenters. The van der Waals surface area contributed by atoms with Gasteiger partial charge < -0.3 is 34.3 Å². The predicted octanol–water partition coefficient (Wildman–Crippen LogP) is 1.83. The third-order valence-electron chi connectivity index (χ3n) is 5.45. The molecular formula is C22H30N2O7. The lowest BCUT2D eigenvalue weighted by Gasteiger charge is -2.36. The van der Waals surface area contributed by atoms with Gasteiger partial charge in [-0.05, 0) is 59.2 Å². The fourth-order valence-corrected chi connectivity index (χ4v) is 4.16. The molecule has 2 amide bonds. The molecule has 9 heteroatoms. The average Bonchev–Trinajstić information content (AvgIpc) is 3.14. The van der Waals surface area contributed by atoms with Crippen LogP contribution in [0.3, 0.4) is 0 Å². The first-order chi connectivity index (χ1) is 14.4. The predicted molar refractivity (Wildman–Crippen MR) is 110 cm³/mol. The third-order valence-corrected chi connectivity index (χ3v) is 5.45. The zero-order valence-corrected chi connectivity index (χ0v) is 18.6. The van der Waals surface area contributed by atoms with E-state index in [-0.39, 0.29) is 5.91 Å². The normalized spacial score (nSPS) is 33.8. The number of anilines is 1. The monoisotopic (exact) mass is 434 g/mol. The molecule has 0 aromatic heterocycles. The molecule has 6 atom stereocenters. The van der Waals surface area contributed by atoms with Crippen LogP contribution in [0.5, 0.6) is 0 Å². The Labute approximate surface area is 181 Å². The summed E-state index contributed by atoms with van der Waals surface area (Å²) in [4.78, 5) is 25.6. The Morgan fingerprint density at radius 3 is 2.32 bits per heavy atom. The maximum Gasteiger partial charge on any atom is 0.252 e. The Kier molecular flexibility index (Phi) is 5.60. The van der Waals surface area contributed by atoms with E-state index in [1.165, 1.54) is 0 Å². The minimum absolute atomic E-state index is 0.338. The van der Waals surface area contributed by atoms with Crippen molar-refractivity contribution in [2.24, 2.45) is 0 Å². The van der Waals surface area contributed by atoms with Gasteiger partial charge in [-0.15, -0.1) is 0 Å². The highest BCUT2D eigenvalue weighted by Crippen LogP contribution is 2.44. The van der Waals surface area contributed by atoms with Gasteiger partial charge in [0.25, 0.3) is 5.91 Å². The van der Waals surface area contributed by atoms with E-state index < -0.39 is 54.2 Å². The Hall–Kier alpha value is -2.04. The van der Waals surface area contributed by atoms with E-state index in [1.54, 1.807) is 40.7 Å². The number of hydrogen-bond acceptors (Lipinski definition) is 7. The second-order valence-corrected chi connectivity index (χ2v) is 9.18. The summed E-state index contributed by atoms with van der Waals surface area (Å²) in [6, 6.07) is 6.64. The van der Waals surface area contributed by atoms with Gasteiger partial charge in [-0.25, -0.2) is 0 Å². The van der Waals surface area contributed by atoms with Crippen LogP contribution in [-0.2, 0) is 33.3 Å². The highest BCUT2D eigenvalue weighted by Gasteiger charge is 2.62. The Morgan fingerprint density at radius 2 is 1.61 bits per heavy atom. The van der Waals surface area contributed by atoms with E-state index in [4.69, 9.17) is 23.7 Å². The van der Waals surface area contributed by atoms with Crippen molar-refractivity contribution in [3.8, 4) is 0 Å². The Bertz CT molecular complexity index is 871. The van der Waals surface area contributed by atoms with Crippen LogP contribution in [0.25, 0.3) is 0 Å². The molecule has 170 valence electrons. The van der Waals surface area contributed by atoms with Crippen LogP contribution in [0.2, 0.25) is 0 Å². The number of fused-ring (bicyclic) bond motifs is 3. The van der Waals surface area contributed by atoms with Crippen LogP contribution >= 0.6 is 0 Å². The van der Waals surface area contributed by atoms with E-state index in [1.807, 2.05) is 25.1 Å². The van der Waals surface area contributed by atoms with Crippen molar-refractivity contribution in [1.29, 1.82) is 0 Å². The smallest absolute Gasteiger partial charge is 0.252 e. The minimum Gasteiger partial charge on any atom is -0.342 e. The van der Waals surface area contributed by atoms with E-state index in [0.29, 0.717) is 5.69 Å². The number of hydrogen-bond donors (Lipinski definition) is 2. The molecule has 0 saturated carbocycles. The van der Waals surface area contributed by atoms with Crippen LogP contribution in [0.15, 0.2) is 24.3 Å². The first-order valence-corrected chi connectivity index (χ1v) is 10.5. The summed E-state index contributed by atoms with van der Waals surface area (Å²) in [7, 11) is 0. The molecule has 0 aliphatic carbocycles. The maximum absolute atomic E-state index is 13.1. The average molecular weight is 434 g/mol. The molecule has 4 rings (SSSR count). The summed E-state index contributed by atoms with van der Waals surface area (Å²) in [5, 5.41) is 5.52. The summed E-state index contributed by atoms with van der Waals surface area (Å²) in [5.41, 5.74) is 1.68. The zero-order valence-electron chi connectivity index (χ0n) is 18.6. The van der Waals surface area contributed by atoms with Crippen molar-refractivity contribution in [3.63, 3.8) is 0 Å². The second-order valence-electron chi connectivity index (χ2n) is 9.18. The topological polar surface area (TPSA) is 104 Å². The lowest BCUT2D eigenvalue weighted by atomic mass is 9.98. The Morgan fingerprint density at radius 1 is 0.968 bits per heavy atom. The first kappa shape index (κ1) is 22.2. The van der Waals surface area contributed by atoms with Gasteiger partial charge in [0.1, 0.15) is 24.4 Å². The van der Waals surface area contributed by atoms with Crippen molar-refractivity contribution in [1.82, 2.24) is 5.32 Å². The molecular weight excluding hydrogens is 404 g/mol. The SMILES string of the molecule is Cc1cccc(NC(=O)[C@@H](C)NC(=O)[C@@H]2O[C@@H]3OC(C)(C)O[C@@H]3[C@H]3OC(C)(C)O[C@H]32)c1. The largest absolute Gasteiger partial charge is 0.342 e. The van der Waals surface area contributed by atoms with E-state index in [0.717, 1.165) is 5.56 Å². The molecule has 31 heavy (non-hydrogen) atoms. The first-order valence-electron chi connectivity index (χ1n) is 10.5. The molecule has 3 aliphatic heterocycles. The standard InChI is InChI=1S/C22H30N2O7/c1-11-8-7-9-13(10-11)24-18(25)12(2)23-19(26)16-14-15(29-21(3,4)28-14)17-20(27-16)31-22(5,6)30-17/h7-10,12,14-17,20H,1-6H3,(H,23,26)(H,24,25)/t12-,14-,15+,16-,17-,20-/m1/s1. The maximum atomic E-state index is 13.1. The van der Waals surface area contributed by atoms with Crippen LogP contribution in [0.1, 0.15) is 40.2 Å². The molecule has 1 aromatic rings. The number of nitrogens with one attached hydrogen (secondary N) is 2. The molecule has 3 aliphatic rings. The molecule has 3 saturated heterocycles. The molecule has 1 aromatic carbocycles. The van der Waals surface area contributed by atoms with Crippen LogP contribution < -0.4 is 10.6 Å². The number of carbonyl (C=O) groups excluding carboxylic acids is 2. The lowest BCUT2D eigenvalue weighted by molar-refractivity contribution is -0.231. The highest BCUT2D eigenvalue weighted by atomic mass is 16.9. The van der Waals surface area contributed by atoms with Crippen molar-refractivity contribution >= 4 is 17.5 Å². The minimum atomic E-state index is -1.01. The number of amides is 2. The Balaban J connectivity index is 1.45. The number of ether oxygens (including phenoxy) is 5. The molecule has 0 radical (unpaired) electrons. The molecule has 3 fully saturated rings. The van der Waals surface area contributed by atoms with Crippen LogP contribution in [-0.4, -0.2) is 60.1 Å². The van der Waals surface area contributed by atoms with Crippen LogP contribution in [0.4, 0.5) is 5.69 Å². The summed E-state index contributed by atoms with van der Waals surface area (Å²) >= 11 is 0. The number of carbonyl (C=O) groups is 2.